The maximum atomic E-state index is 11.3. The van der Waals surface area contributed by atoms with Crippen LogP contribution in [0.2, 0.25) is 0 Å². The Labute approximate surface area is 86.5 Å². The van der Waals surface area contributed by atoms with Gasteiger partial charge < -0.3 is 20.1 Å². The van der Waals surface area contributed by atoms with Crippen molar-refractivity contribution in [1.29, 1.82) is 0 Å². The number of benzene rings is 1. The van der Waals surface area contributed by atoms with Gasteiger partial charge in [-0.25, -0.2) is 4.79 Å². The summed E-state index contributed by atoms with van der Waals surface area (Å²) in [7, 11) is 0. The molecule has 0 aliphatic heterocycles. The minimum Gasteiger partial charge on any atom is -0.508 e. The highest BCUT2D eigenvalue weighted by molar-refractivity contribution is 5.89. The summed E-state index contributed by atoms with van der Waals surface area (Å²) in [6, 6.07) is 5.44. The number of aliphatic hydroxyl groups excluding tert-OH is 2. The molecule has 0 saturated heterocycles. The molecule has 0 heterocycles. The normalized spacial score (nSPS) is 12.1. The van der Waals surface area contributed by atoms with Gasteiger partial charge in [-0.15, -0.1) is 0 Å². The highest BCUT2D eigenvalue weighted by Crippen LogP contribution is 2.11. The van der Waals surface area contributed by atoms with E-state index in [2.05, 4.69) is 4.74 Å². The fourth-order valence-corrected chi connectivity index (χ4v) is 0.958. The number of esters is 1. The monoisotopic (exact) mass is 212 g/mol. The van der Waals surface area contributed by atoms with Crippen molar-refractivity contribution in [2.24, 2.45) is 0 Å². The summed E-state index contributed by atoms with van der Waals surface area (Å²) in [6.45, 7) is -0.260. The first-order chi connectivity index (χ1) is 7.13. The second kappa shape index (κ2) is 5.33. The van der Waals surface area contributed by atoms with Crippen LogP contribution in [-0.2, 0) is 4.74 Å². The number of rotatable bonds is 4. The van der Waals surface area contributed by atoms with Gasteiger partial charge in [0, 0.05) is 13.0 Å². The van der Waals surface area contributed by atoms with Gasteiger partial charge in [0.05, 0.1) is 5.56 Å². The van der Waals surface area contributed by atoms with Crippen molar-refractivity contribution in [2.75, 3.05) is 6.61 Å². The van der Waals surface area contributed by atoms with Gasteiger partial charge >= 0.3 is 5.97 Å². The molecule has 0 spiro atoms. The number of carbonyl (C=O) groups excluding carboxylic acids is 1. The first kappa shape index (κ1) is 11.5. The lowest BCUT2D eigenvalue weighted by Gasteiger charge is -2.10. The summed E-state index contributed by atoms with van der Waals surface area (Å²) in [5.74, 6) is -0.654. The highest BCUT2D eigenvalue weighted by Gasteiger charge is 2.12. The average Bonchev–Trinajstić information content (AvgIpc) is 2.18. The predicted octanol–water partition coefficient (Wildman–Crippen LogP) is 0.250. The quantitative estimate of drug-likeness (QED) is 0.492. The van der Waals surface area contributed by atoms with Gasteiger partial charge in [-0.3, -0.25) is 0 Å². The number of aliphatic hydroxyl groups is 2. The van der Waals surface area contributed by atoms with Crippen LogP contribution in [0.1, 0.15) is 16.8 Å². The summed E-state index contributed by atoms with van der Waals surface area (Å²) in [6.07, 6.45) is -1.33. The molecule has 1 unspecified atom stereocenters. The Morgan fingerprint density at radius 3 is 2.47 bits per heavy atom. The number of hydrogen-bond acceptors (Lipinski definition) is 5. The Kier molecular flexibility index (Phi) is 4.08. The molecule has 15 heavy (non-hydrogen) atoms. The van der Waals surface area contributed by atoms with Crippen LogP contribution in [0.25, 0.3) is 0 Å². The molecule has 82 valence electrons. The van der Waals surface area contributed by atoms with Gasteiger partial charge in [0.2, 0.25) is 6.29 Å². The minimum absolute atomic E-state index is 0.0240. The molecule has 0 bridgehead atoms. The van der Waals surface area contributed by atoms with Crippen molar-refractivity contribution in [3.05, 3.63) is 29.8 Å². The molecule has 0 radical (unpaired) electrons. The zero-order valence-corrected chi connectivity index (χ0v) is 7.96. The number of hydrogen-bond donors (Lipinski definition) is 3. The Hall–Kier alpha value is -1.59. The van der Waals surface area contributed by atoms with Crippen molar-refractivity contribution < 1.29 is 24.9 Å². The molecular weight excluding hydrogens is 200 g/mol. The number of phenolic OH excluding ortho intramolecular Hbond substituents is 1. The van der Waals surface area contributed by atoms with Crippen LogP contribution in [0, 0.1) is 0 Å². The Balaban J connectivity index is 2.57. The number of carbonyl (C=O) groups is 1. The molecule has 1 aromatic carbocycles. The first-order valence-electron chi connectivity index (χ1n) is 4.42. The van der Waals surface area contributed by atoms with Gasteiger partial charge in [0.15, 0.2) is 0 Å². The van der Waals surface area contributed by atoms with Crippen molar-refractivity contribution in [2.45, 2.75) is 12.7 Å². The minimum atomic E-state index is -1.31. The highest BCUT2D eigenvalue weighted by atomic mass is 16.6. The molecule has 5 heteroatoms. The maximum absolute atomic E-state index is 11.3. The largest absolute Gasteiger partial charge is 0.508 e. The Bertz CT molecular complexity index is 319. The van der Waals surface area contributed by atoms with E-state index in [1.165, 1.54) is 24.3 Å². The third-order valence-electron chi connectivity index (χ3n) is 1.72. The third kappa shape index (κ3) is 3.57. The van der Waals surface area contributed by atoms with Crippen LogP contribution < -0.4 is 0 Å². The fourth-order valence-electron chi connectivity index (χ4n) is 0.958. The van der Waals surface area contributed by atoms with Crippen molar-refractivity contribution in [3.8, 4) is 5.75 Å². The van der Waals surface area contributed by atoms with Crippen molar-refractivity contribution in [1.82, 2.24) is 0 Å². The van der Waals surface area contributed by atoms with Crippen LogP contribution in [0.3, 0.4) is 0 Å². The van der Waals surface area contributed by atoms with E-state index in [0.29, 0.717) is 0 Å². The molecule has 0 fully saturated rings. The van der Waals surface area contributed by atoms with E-state index >= 15 is 0 Å². The SMILES string of the molecule is O=C(OC(O)CCO)c1ccc(O)cc1. The fraction of sp³-hybridized carbons (Fsp3) is 0.300. The van der Waals surface area contributed by atoms with Gasteiger partial charge in [-0.2, -0.15) is 0 Å². The number of aromatic hydroxyl groups is 1. The average molecular weight is 212 g/mol. The lowest BCUT2D eigenvalue weighted by Crippen LogP contribution is -2.18. The summed E-state index contributed by atoms with van der Waals surface area (Å²) < 4.78 is 4.59. The molecule has 1 rings (SSSR count). The first-order valence-corrected chi connectivity index (χ1v) is 4.42. The molecular formula is C10H12O5. The van der Waals surface area contributed by atoms with Gasteiger partial charge in [0.1, 0.15) is 5.75 Å². The van der Waals surface area contributed by atoms with E-state index in [1.807, 2.05) is 0 Å². The standard InChI is InChI=1S/C10H12O5/c11-6-5-9(13)15-10(14)7-1-3-8(12)4-2-7/h1-4,9,11-13H,5-6H2. The van der Waals surface area contributed by atoms with Crippen LogP contribution >= 0.6 is 0 Å². The second-order valence-corrected chi connectivity index (χ2v) is 2.92. The summed E-state index contributed by atoms with van der Waals surface area (Å²) in [5.41, 5.74) is 0.227. The zero-order chi connectivity index (χ0) is 11.3. The Morgan fingerprint density at radius 1 is 1.33 bits per heavy atom. The van der Waals surface area contributed by atoms with Crippen molar-refractivity contribution >= 4 is 5.97 Å². The summed E-state index contributed by atoms with van der Waals surface area (Å²) in [4.78, 5) is 11.3. The second-order valence-electron chi connectivity index (χ2n) is 2.92. The lowest BCUT2D eigenvalue weighted by molar-refractivity contribution is -0.0743. The van der Waals surface area contributed by atoms with Crippen LogP contribution in [0.15, 0.2) is 24.3 Å². The molecule has 0 aromatic heterocycles. The number of ether oxygens (including phenoxy) is 1. The smallest absolute Gasteiger partial charge is 0.340 e. The Morgan fingerprint density at radius 2 is 1.93 bits per heavy atom. The van der Waals surface area contributed by atoms with Gasteiger partial charge in [-0.05, 0) is 24.3 Å². The molecule has 0 saturated carbocycles. The summed E-state index contributed by atoms with van der Waals surface area (Å²) >= 11 is 0. The number of phenols is 1. The van der Waals surface area contributed by atoms with E-state index in [4.69, 9.17) is 15.3 Å². The maximum Gasteiger partial charge on any atom is 0.340 e. The van der Waals surface area contributed by atoms with Crippen molar-refractivity contribution in [3.63, 3.8) is 0 Å². The molecule has 5 nitrogen and oxygen atoms in total. The zero-order valence-electron chi connectivity index (χ0n) is 7.96. The van der Waals surface area contributed by atoms with E-state index in [9.17, 15) is 4.79 Å². The molecule has 1 aromatic rings. The third-order valence-corrected chi connectivity index (χ3v) is 1.72. The molecule has 0 aliphatic rings. The van der Waals surface area contributed by atoms with Gasteiger partial charge in [-0.1, -0.05) is 0 Å². The molecule has 0 aliphatic carbocycles. The summed E-state index contributed by atoms with van der Waals surface area (Å²) in [5, 5.41) is 26.5. The van der Waals surface area contributed by atoms with E-state index in [-0.39, 0.29) is 24.3 Å². The predicted molar refractivity (Wildman–Crippen MR) is 51.2 cm³/mol. The molecule has 3 N–H and O–H groups in total. The molecule has 0 amide bonds. The van der Waals surface area contributed by atoms with E-state index in [1.54, 1.807) is 0 Å². The van der Waals surface area contributed by atoms with E-state index < -0.39 is 12.3 Å². The van der Waals surface area contributed by atoms with Crippen LogP contribution in [-0.4, -0.2) is 34.2 Å². The van der Waals surface area contributed by atoms with Crippen LogP contribution in [0.4, 0.5) is 0 Å². The van der Waals surface area contributed by atoms with Crippen LogP contribution in [0.5, 0.6) is 5.75 Å². The van der Waals surface area contributed by atoms with Gasteiger partial charge in [0.25, 0.3) is 0 Å². The van der Waals surface area contributed by atoms with E-state index in [0.717, 1.165) is 0 Å². The topological polar surface area (TPSA) is 87.0 Å². The lowest BCUT2D eigenvalue weighted by atomic mass is 10.2. The molecule has 1 atom stereocenters.